The molecule has 3 aromatic carbocycles. The van der Waals surface area contributed by atoms with Gasteiger partial charge in [0.05, 0.1) is 11.8 Å². The van der Waals surface area contributed by atoms with Crippen molar-refractivity contribution in [1.82, 2.24) is 5.01 Å². The molecule has 4 nitrogen and oxygen atoms in total. The van der Waals surface area contributed by atoms with E-state index in [0.717, 1.165) is 22.2 Å². The molecule has 0 aliphatic carbocycles. The summed E-state index contributed by atoms with van der Waals surface area (Å²) in [6.07, 6.45) is 0.622. The van der Waals surface area contributed by atoms with Crippen molar-refractivity contribution in [3.05, 3.63) is 106 Å². The van der Waals surface area contributed by atoms with Crippen LogP contribution in [0.2, 0.25) is 5.02 Å². The number of furan rings is 1. The molecule has 1 aromatic heterocycles. The quantitative estimate of drug-likeness (QED) is 0.390. The van der Waals surface area contributed by atoms with E-state index in [1.165, 1.54) is 5.56 Å². The van der Waals surface area contributed by atoms with Gasteiger partial charge in [-0.15, -0.1) is 0 Å². The van der Waals surface area contributed by atoms with Crippen LogP contribution < -0.4 is 0 Å². The highest BCUT2D eigenvalue weighted by molar-refractivity contribution is 6.30. The van der Waals surface area contributed by atoms with Crippen LogP contribution in [0.25, 0.3) is 11.0 Å². The number of carbonyl (C=O) groups is 1. The normalized spacial score (nSPS) is 16.1. The first-order valence-electron chi connectivity index (χ1n) is 9.80. The number of carbonyl (C=O) groups excluding carboxylic acids is 1. The van der Waals surface area contributed by atoms with E-state index in [1.807, 2.05) is 55.5 Å². The fraction of sp³-hybridized carbons (Fsp3) is 0.120. The zero-order valence-electron chi connectivity index (χ0n) is 16.4. The number of para-hydroxylation sites is 1. The maximum atomic E-state index is 13.4. The number of benzene rings is 3. The monoisotopic (exact) mass is 414 g/mol. The fourth-order valence-electron chi connectivity index (χ4n) is 3.76. The van der Waals surface area contributed by atoms with Gasteiger partial charge in [-0.3, -0.25) is 4.79 Å². The van der Waals surface area contributed by atoms with E-state index in [4.69, 9.17) is 21.1 Å². The minimum atomic E-state index is -0.249. The first-order chi connectivity index (χ1) is 14.6. The minimum absolute atomic E-state index is 0.197. The molecule has 0 N–H and O–H groups in total. The SMILES string of the molecule is Cc1ccc(C2CC(c3ccc(Cl)cc3)=NN2C(=O)c2cc3ccccc3o2)cc1. The van der Waals surface area contributed by atoms with Gasteiger partial charge in [0, 0.05) is 16.8 Å². The van der Waals surface area contributed by atoms with Gasteiger partial charge in [0.15, 0.2) is 5.76 Å². The van der Waals surface area contributed by atoms with Crippen molar-refractivity contribution < 1.29 is 9.21 Å². The molecule has 0 fully saturated rings. The lowest BCUT2D eigenvalue weighted by Crippen LogP contribution is -2.26. The summed E-state index contributed by atoms with van der Waals surface area (Å²) in [5.74, 6) is 0.0372. The second kappa shape index (κ2) is 7.47. The number of hydrogen-bond donors (Lipinski definition) is 0. The highest BCUT2D eigenvalue weighted by atomic mass is 35.5. The standard InChI is InChI=1S/C25H19ClN2O2/c1-16-6-8-18(9-7-16)22-15-21(17-10-12-20(26)13-11-17)27-28(22)25(29)24-14-19-4-2-3-5-23(19)30-24/h2-14,22H,15H2,1H3. The van der Waals surface area contributed by atoms with Gasteiger partial charge in [0.1, 0.15) is 5.58 Å². The number of rotatable bonds is 3. The molecule has 148 valence electrons. The Morgan fingerprint density at radius 2 is 1.77 bits per heavy atom. The Bertz CT molecular complexity index is 1220. The van der Waals surface area contributed by atoms with Crippen LogP contribution in [0.3, 0.4) is 0 Å². The summed E-state index contributed by atoms with van der Waals surface area (Å²) < 4.78 is 5.82. The van der Waals surface area contributed by atoms with Crippen molar-refractivity contribution >= 4 is 34.2 Å². The van der Waals surface area contributed by atoms with Crippen LogP contribution in [0.4, 0.5) is 0 Å². The summed E-state index contributed by atoms with van der Waals surface area (Å²) in [6.45, 7) is 2.05. The molecule has 1 amide bonds. The Labute approximate surface area is 179 Å². The smallest absolute Gasteiger partial charge is 0.310 e. The van der Waals surface area contributed by atoms with Gasteiger partial charge < -0.3 is 4.42 Å². The van der Waals surface area contributed by atoms with Crippen LogP contribution in [0.1, 0.15) is 39.7 Å². The van der Waals surface area contributed by atoms with Gasteiger partial charge in [0.2, 0.25) is 0 Å². The van der Waals surface area contributed by atoms with Gasteiger partial charge in [-0.05, 0) is 42.3 Å². The first kappa shape index (κ1) is 18.6. The highest BCUT2D eigenvalue weighted by Gasteiger charge is 2.35. The lowest BCUT2D eigenvalue weighted by atomic mass is 9.97. The molecule has 5 rings (SSSR count). The summed E-state index contributed by atoms with van der Waals surface area (Å²) >= 11 is 6.04. The first-order valence-corrected chi connectivity index (χ1v) is 10.2. The fourth-order valence-corrected chi connectivity index (χ4v) is 3.89. The molecule has 5 heteroatoms. The molecular weight excluding hydrogens is 396 g/mol. The average Bonchev–Trinajstić information content (AvgIpc) is 3.39. The third-order valence-corrected chi connectivity index (χ3v) is 5.65. The molecule has 1 aliphatic rings. The van der Waals surface area contributed by atoms with E-state index in [0.29, 0.717) is 17.0 Å². The Balaban J connectivity index is 1.55. The number of hydrazone groups is 1. The molecule has 30 heavy (non-hydrogen) atoms. The van der Waals surface area contributed by atoms with Gasteiger partial charge in [-0.1, -0.05) is 71.8 Å². The lowest BCUT2D eigenvalue weighted by Gasteiger charge is -2.21. The van der Waals surface area contributed by atoms with Crippen molar-refractivity contribution in [3.63, 3.8) is 0 Å². The topological polar surface area (TPSA) is 45.8 Å². The van der Waals surface area contributed by atoms with Crippen LogP contribution >= 0.6 is 11.6 Å². The number of nitrogens with zero attached hydrogens (tertiary/aromatic N) is 2. The molecule has 1 aliphatic heterocycles. The molecule has 0 saturated carbocycles. The van der Waals surface area contributed by atoms with E-state index in [1.54, 1.807) is 11.1 Å². The Morgan fingerprint density at radius 3 is 2.50 bits per heavy atom. The number of fused-ring (bicyclic) bond motifs is 1. The number of hydrogen-bond acceptors (Lipinski definition) is 3. The molecule has 1 unspecified atom stereocenters. The van der Waals surface area contributed by atoms with Crippen molar-refractivity contribution in [2.45, 2.75) is 19.4 Å². The van der Waals surface area contributed by atoms with Crippen molar-refractivity contribution in [2.75, 3.05) is 0 Å². The molecule has 1 atom stereocenters. The summed E-state index contributed by atoms with van der Waals surface area (Å²) in [7, 11) is 0. The van der Waals surface area contributed by atoms with Crippen LogP contribution in [0.5, 0.6) is 0 Å². The zero-order valence-corrected chi connectivity index (χ0v) is 17.1. The number of aryl methyl sites for hydroxylation is 1. The Morgan fingerprint density at radius 1 is 1.03 bits per heavy atom. The van der Waals surface area contributed by atoms with E-state index in [-0.39, 0.29) is 17.7 Å². The number of amides is 1. The van der Waals surface area contributed by atoms with E-state index >= 15 is 0 Å². The maximum Gasteiger partial charge on any atom is 0.310 e. The zero-order chi connectivity index (χ0) is 20.7. The largest absolute Gasteiger partial charge is 0.451 e. The van der Waals surface area contributed by atoms with E-state index < -0.39 is 0 Å². The Hall–Kier alpha value is -3.37. The van der Waals surface area contributed by atoms with Crippen LogP contribution in [0, 0.1) is 6.92 Å². The molecule has 0 radical (unpaired) electrons. The lowest BCUT2D eigenvalue weighted by molar-refractivity contribution is 0.0681. The van der Waals surface area contributed by atoms with E-state index in [9.17, 15) is 4.79 Å². The van der Waals surface area contributed by atoms with Crippen LogP contribution in [0.15, 0.2) is 88.4 Å². The maximum absolute atomic E-state index is 13.4. The van der Waals surface area contributed by atoms with Crippen molar-refractivity contribution in [1.29, 1.82) is 0 Å². The van der Waals surface area contributed by atoms with Crippen molar-refractivity contribution in [2.24, 2.45) is 5.10 Å². The van der Waals surface area contributed by atoms with Gasteiger partial charge >= 0.3 is 5.91 Å². The molecule has 4 aromatic rings. The molecular formula is C25H19ClN2O2. The summed E-state index contributed by atoms with van der Waals surface area (Å²) in [4.78, 5) is 13.4. The van der Waals surface area contributed by atoms with Crippen LogP contribution in [-0.4, -0.2) is 16.6 Å². The Kier molecular flexibility index (Phi) is 4.64. The minimum Gasteiger partial charge on any atom is -0.451 e. The summed E-state index contributed by atoms with van der Waals surface area (Å²) in [6, 6.07) is 24.9. The molecule has 2 heterocycles. The van der Waals surface area contributed by atoms with Crippen molar-refractivity contribution in [3.8, 4) is 0 Å². The predicted octanol–water partition coefficient (Wildman–Crippen LogP) is 6.39. The summed E-state index contributed by atoms with van der Waals surface area (Å²) in [5.41, 5.74) is 4.70. The third kappa shape index (κ3) is 3.40. The van der Waals surface area contributed by atoms with Gasteiger partial charge in [-0.2, -0.15) is 5.10 Å². The van der Waals surface area contributed by atoms with Gasteiger partial charge in [-0.25, -0.2) is 5.01 Å². The predicted molar refractivity (Wildman–Crippen MR) is 119 cm³/mol. The van der Waals surface area contributed by atoms with Gasteiger partial charge in [0.25, 0.3) is 0 Å². The summed E-state index contributed by atoms with van der Waals surface area (Å²) in [5, 5.41) is 7.83. The third-order valence-electron chi connectivity index (χ3n) is 5.39. The highest BCUT2D eigenvalue weighted by Crippen LogP contribution is 2.35. The second-order valence-electron chi connectivity index (χ2n) is 7.48. The molecule has 0 spiro atoms. The average molecular weight is 415 g/mol. The molecule has 0 saturated heterocycles. The second-order valence-corrected chi connectivity index (χ2v) is 7.92. The van der Waals surface area contributed by atoms with E-state index in [2.05, 4.69) is 24.3 Å². The number of halogens is 1. The van der Waals surface area contributed by atoms with Crippen LogP contribution in [-0.2, 0) is 0 Å². The molecule has 0 bridgehead atoms.